The van der Waals surface area contributed by atoms with E-state index < -0.39 is 0 Å². The van der Waals surface area contributed by atoms with Crippen LogP contribution in [0.25, 0.3) is 0 Å². The molecule has 0 bridgehead atoms. The van der Waals surface area contributed by atoms with E-state index in [4.69, 9.17) is 42.6 Å². The highest BCUT2D eigenvalue weighted by atomic mass is 16.6. The number of amides is 4. The van der Waals surface area contributed by atoms with Crippen LogP contribution < -0.4 is 0 Å². The number of Topliss-reactive ketones (excluding diaryl/α,β-unsaturated/α-hetero) is 2. The van der Waals surface area contributed by atoms with E-state index in [0.717, 1.165) is 9.80 Å². The molecular weight excluding hydrogens is 724 g/mol. The lowest BCUT2D eigenvalue weighted by Gasteiger charge is -2.13. The SMILES string of the molecule is CC1=CC(=O)N(CCC(=O)CCCOCCOCCOCCOCCOCCOCCOCCOCCOCCCC(=O)CCN2C(=O)C=C(C)C2=O)C1=O. The molecule has 0 atom stereocenters. The molecule has 55 heavy (non-hydrogen) atoms. The summed E-state index contributed by atoms with van der Waals surface area (Å²) in [7, 11) is 0. The van der Waals surface area contributed by atoms with Crippen molar-refractivity contribution in [1.82, 2.24) is 9.80 Å². The summed E-state index contributed by atoms with van der Waals surface area (Å²) >= 11 is 0. The van der Waals surface area contributed by atoms with Gasteiger partial charge in [-0.05, 0) is 26.7 Å². The van der Waals surface area contributed by atoms with Crippen LogP contribution in [0.2, 0.25) is 0 Å². The summed E-state index contributed by atoms with van der Waals surface area (Å²) in [6.07, 6.45) is 4.71. The Hall–Kier alpha value is -3.26. The molecule has 0 spiro atoms. The van der Waals surface area contributed by atoms with E-state index in [1.54, 1.807) is 13.8 Å². The Morgan fingerprint density at radius 2 is 0.636 bits per heavy atom. The minimum Gasteiger partial charge on any atom is -0.379 e. The van der Waals surface area contributed by atoms with Crippen molar-refractivity contribution in [3.8, 4) is 0 Å². The first-order valence-corrected chi connectivity index (χ1v) is 19.0. The standard InChI is InChI=1S/C38H60N2O15/c1-31-29-35(43)39(37(31)45)9-7-33(41)5-3-11-47-13-15-49-17-19-51-21-23-53-25-27-55-28-26-54-24-22-52-20-18-50-16-14-48-12-4-6-34(42)8-10-40-36(44)30-32(2)38(40)46/h29-30H,3-28H2,1-2H3. The van der Waals surface area contributed by atoms with E-state index in [1.807, 2.05) is 0 Å². The molecular formula is C38H60N2O15. The van der Waals surface area contributed by atoms with Crippen molar-refractivity contribution in [3.63, 3.8) is 0 Å². The van der Waals surface area contributed by atoms with Crippen LogP contribution in [0.15, 0.2) is 23.3 Å². The van der Waals surface area contributed by atoms with Crippen molar-refractivity contribution in [2.45, 2.75) is 52.4 Å². The van der Waals surface area contributed by atoms with E-state index in [1.165, 1.54) is 12.2 Å². The topological polar surface area (TPSA) is 192 Å². The summed E-state index contributed by atoms with van der Waals surface area (Å²) in [6, 6.07) is 0. The number of ketones is 2. The minimum absolute atomic E-state index is 0.00876. The van der Waals surface area contributed by atoms with E-state index in [0.29, 0.717) is 156 Å². The fourth-order valence-corrected chi connectivity index (χ4v) is 5.03. The fraction of sp³-hybridized carbons (Fsp3) is 0.737. The van der Waals surface area contributed by atoms with Gasteiger partial charge in [-0.15, -0.1) is 0 Å². The van der Waals surface area contributed by atoms with E-state index >= 15 is 0 Å². The third kappa shape index (κ3) is 22.8. The Bertz CT molecular complexity index is 1150. The zero-order valence-electron chi connectivity index (χ0n) is 32.6. The first kappa shape index (κ1) is 47.9. The predicted molar refractivity (Wildman–Crippen MR) is 196 cm³/mol. The zero-order chi connectivity index (χ0) is 39.9. The van der Waals surface area contributed by atoms with Gasteiger partial charge in [-0.3, -0.25) is 38.6 Å². The van der Waals surface area contributed by atoms with Gasteiger partial charge in [-0.1, -0.05) is 0 Å². The van der Waals surface area contributed by atoms with Crippen molar-refractivity contribution in [1.29, 1.82) is 0 Å². The summed E-state index contributed by atoms with van der Waals surface area (Å²) < 4.78 is 49.2. The maximum atomic E-state index is 12.0. The molecule has 2 aliphatic heterocycles. The third-order valence-corrected chi connectivity index (χ3v) is 8.07. The average molecular weight is 785 g/mol. The number of imide groups is 2. The Labute approximate surface area is 323 Å². The van der Waals surface area contributed by atoms with Gasteiger partial charge in [-0.2, -0.15) is 0 Å². The monoisotopic (exact) mass is 784 g/mol. The van der Waals surface area contributed by atoms with Gasteiger partial charge in [-0.25, -0.2) is 0 Å². The molecule has 0 aromatic carbocycles. The highest BCUT2D eigenvalue weighted by Crippen LogP contribution is 2.14. The molecule has 0 aliphatic carbocycles. The first-order chi connectivity index (χ1) is 26.7. The molecule has 2 rings (SSSR count). The normalized spacial score (nSPS) is 14.4. The number of rotatable bonds is 38. The predicted octanol–water partition coefficient (Wildman–Crippen LogP) is 1.24. The highest BCUT2D eigenvalue weighted by Gasteiger charge is 2.29. The molecule has 4 amide bonds. The van der Waals surface area contributed by atoms with E-state index in [9.17, 15) is 28.8 Å². The molecule has 2 heterocycles. The number of ether oxygens (including phenoxy) is 9. The van der Waals surface area contributed by atoms with Crippen molar-refractivity contribution in [2.24, 2.45) is 0 Å². The van der Waals surface area contributed by atoms with Crippen LogP contribution in [0.4, 0.5) is 0 Å². The number of carbonyl (C=O) groups excluding carboxylic acids is 6. The van der Waals surface area contributed by atoms with Gasteiger partial charge in [0, 0.05) is 75.3 Å². The lowest BCUT2D eigenvalue weighted by atomic mass is 10.1. The molecule has 0 aromatic heterocycles. The quantitative estimate of drug-likeness (QED) is 0.0642. The molecule has 312 valence electrons. The van der Waals surface area contributed by atoms with E-state index in [2.05, 4.69) is 0 Å². The van der Waals surface area contributed by atoms with Crippen LogP contribution in [-0.2, 0) is 71.4 Å². The lowest BCUT2D eigenvalue weighted by molar-refractivity contribution is -0.139. The lowest BCUT2D eigenvalue weighted by Crippen LogP contribution is -2.32. The van der Waals surface area contributed by atoms with Crippen LogP contribution in [0.5, 0.6) is 0 Å². The van der Waals surface area contributed by atoms with Crippen LogP contribution >= 0.6 is 0 Å². The molecule has 2 aliphatic rings. The molecule has 0 saturated carbocycles. The minimum atomic E-state index is -0.360. The van der Waals surface area contributed by atoms with Crippen LogP contribution in [0, 0.1) is 0 Å². The maximum Gasteiger partial charge on any atom is 0.256 e. The van der Waals surface area contributed by atoms with Gasteiger partial charge in [0.05, 0.1) is 106 Å². The molecule has 0 saturated heterocycles. The maximum absolute atomic E-state index is 12.0. The Balaban J connectivity index is 1.18. The van der Waals surface area contributed by atoms with Gasteiger partial charge in [0.25, 0.3) is 23.6 Å². The van der Waals surface area contributed by atoms with Gasteiger partial charge in [0.1, 0.15) is 11.6 Å². The second kappa shape index (κ2) is 30.9. The summed E-state index contributed by atoms with van der Waals surface area (Å²) in [5.41, 5.74) is 0.796. The van der Waals surface area contributed by atoms with E-state index in [-0.39, 0.29) is 61.1 Å². The summed E-state index contributed by atoms with van der Waals surface area (Å²) in [5.74, 6) is -1.40. The van der Waals surface area contributed by atoms with Crippen molar-refractivity contribution >= 4 is 35.2 Å². The van der Waals surface area contributed by atoms with Crippen molar-refractivity contribution in [2.75, 3.05) is 132 Å². The highest BCUT2D eigenvalue weighted by molar-refractivity contribution is 6.16. The largest absolute Gasteiger partial charge is 0.379 e. The number of hydrogen-bond acceptors (Lipinski definition) is 15. The van der Waals surface area contributed by atoms with Gasteiger partial charge >= 0.3 is 0 Å². The first-order valence-electron chi connectivity index (χ1n) is 19.0. The molecule has 0 fully saturated rings. The Kier molecular flexibility index (Phi) is 26.9. The number of nitrogens with zero attached hydrogens (tertiary/aromatic N) is 2. The van der Waals surface area contributed by atoms with Gasteiger partial charge in [0.15, 0.2) is 0 Å². The molecule has 0 aromatic rings. The average Bonchev–Trinajstić information content (AvgIpc) is 3.56. The Morgan fingerprint density at radius 1 is 0.400 bits per heavy atom. The number of hydrogen-bond donors (Lipinski definition) is 0. The summed E-state index contributed by atoms with van der Waals surface area (Å²) in [6.45, 7) is 11.3. The second-order valence-corrected chi connectivity index (χ2v) is 12.5. The molecule has 0 N–H and O–H groups in total. The zero-order valence-corrected chi connectivity index (χ0v) is 32.6. The van der Waals surface area contributed by atoms with Crippen LogP contribution in [0.3, 0.4) is 0 Å². The summed E-state index contributed by atoms with van der Waals surface area (Å²) in [4.78, 5) is 73.2. The number of carbonyl (C=O) groups is 6. The molecule has 17 heteroatoms. The summed E-state index contributed by atoms with van der Waals surface area (Å²) in [5, 5.41) is 0. The molecule has 17 nitrogen and oxygen atoms in total. The molecule has 0 radical (unpaired) electrons. The van der Waals surface area contributed by atoms with Crippen LogP contribution in [0.1, 0.15) is 52.4 Å². The third-order valence-electron chi connectivity index (χ3n) is 8.07. The Morgan fingerprint density at radius 3 is 0.855 bits per heavy atom. The fourth-order valence-electron chi connectivity index (χ4n) is 5.03. The van der Waals surface area contributed by atoms with Gasteiger partial charge in [0.2, 0.25) is 0 Å². The van der Waals surface area contributed by atoms with Crippen molar-refractivity contribution in [3.05, 3.63) is 23.3 Å². The van der Waals surface area contributed by atoms with Crippen LogP contribution in [-0.4, -0.2) is 177 Å². The van der Waals surface area contributed by atoms with Gasteiger partial charge < -0.3 is 42.6 Å². The second-order valence-electron chi connectivity index (χ2n) is 12.5. The molecule has 0 unspecified atom stereocenters. The smallest absolute Gasteiger partial charge is 0.256 e. The van der Waals surface area contributed by atoms with Crippen molar-refractivity contribution < 1.29 is 71.4 Å².